The van der Waals surface area contributed by atoms with Gasteiger partial charge in [-0.25, -0.2) is 0 Å². The number of amides is 1. The molecule has 0 radical (unpaired) electrons. The molecule has 2 atom stereocenters. The third-order valence-corrected chi connectivity index (χ3v) is 3.65. The highest BCUT2D eigenvalue weighted by Gasteiger charge is 2.30. The van der Waals surface area contributed by atoms with Gasteiger partial charge in [-0.1, -0.05) is 36.8 Å². The van der Waals surface area contributed by atoms with Crippen LogP contribution in [0.25, 0.3) is 0 Å². The predicted molar refractivity (Wildman–Crippen MR) is 90.3 cm³/mol. The molecule has 0 unspecified atom stereocenters. The van der Waals surface area contributed by atoms with Crippen molar-refractivity contribution in [1.82, 2.24) is 4.90 Å². The molecule has 0 saturated heterocycles. The molecular weight excluding hydrogens is 310 g/mol. The molecule has 1 amide bonds. The summed E-state index contributed by atoms with van der Waals surface area (Å²) in [6.07, 6.45) is -1.03. The molecule has 0 aliphatic carbocycles. The van der Waals surface area contributed by atoms with Gasteiger partial charge in [-0.15, -0.1) is 0 Å². The van der Waals surface area contributed by atoms with E-state index >= 15 is 0 Å². The van der Waals surface area contributed by atoms with Crippen molar-refractivity contribution in [2.24, 2.45) is 0 Å². The molecule has 6 heteroatoms. The van der Waals surface area contributed by atoms with Gasteiger partial charge in [0.05, 0.1) is 6.61 Å². The van der Waals surface area contributed by atoms with Crippen LogP contribution in [0.2, 0.25) is 0 Å². The zero-order valence-corrected chi connectivity index (χ0v) is 14.4. The van der Waals surface area contributed by atoms with E-state index in [2.05, 4.69) is 0 Å². The van der Waals surface area contributed by atoms with Crippen LogP contribution in [-0.4, -0.2) is 59.7 Å². The summed E-state index contributed by atoms with van der Waals surface area (Å²) >= 11 is 0. The number of hydrogen-bond donors (Lipinski definition) is 2. The second-order valence-corrected chi connectivity index (χ2v) is 5.94. The normalized spacial score (nSPS) is 13.3. The summed E-state index contributed by atoms with van der Waals surface area (Å²) in [6, 6.07) is 9.88. The third-order valence-electron chi connectivity index (χ3n) is 3.65. The Morgan fingerprint density at radius 2 is 1.71 bits per heavy atom. The quantitative estimate of drug-likeness (QED) is 0.591. The van der Waals surface area contributed by atoms with Gasteiger partial charge in [0.1, 0.15) is 6.10 Å². The smallest absolute Gasteiger partial charge is 0.254 e. The highest BCUT2D eigenvalue weighted by atomic mass is 16.5. The molecule has 0 heterocycles. The number of hydrogen-bond acceptors (Lipinski definition) is 5. The maximum Gasteiger partial charge on any atom is 0.254 e. The number of aliphatic hydroxyl groups is 2. The summed E-state index contributed by atoms with van der Waals surface area (Å²) in [5.74, 6) is -1.19. The number of ketones is 1. The van der Waals surface area contributed by atoms with Crippen LogP contribution in [0.1, 0.15) is 31.2 Å². The molecule has 134 valence electrons. The van der Waals surface area contributed by atoms with Gasteiger partial charge in [0.2, 0.25) is 0 Å². The van der Waals surface area contributed by atoms with Crippen molar-refractivity contribution in [3.05, 3.63) is 35.9 Å². The monoisotopic (exact) mass is 337 g/mol. The van der Waals surface area contributed by atoms with E-state index in [0.29, 0.717) is 19.6 Å². The lowest BCUT2D eigenvalue weighted by Gasteiger charge is -2.19. The standard InChI is InChI=1S/C18H27NO5/c1-19(2)18(23)17(22)16(21)15(20)11-7-4-8-12-24-13-14-9-5-3-6-10-14/h3,5-6,9-10,16-17,21-22H,4,7-8,11-13H2,1-2H3/t16-,17+/m0/s1. The first-order valence-corrected chi connectivity index (χ1v) is 8.15. The minimum Gasteiger partial charge on any atom is -0.382 e. The fourth-order valence-corrected chi connectivity index (χ4v) is 2.17. The molecule has 2 N–H and O–H groups in total. The average Bonchev–Trinajstić information content (AvgIpc) is 2.59. The Morgan fingerprint density at radius 1 is 1.04 bits per heavy atom. The van der Waals surface area contributed by atoms with E-state index < -0.39 is 23.9 Å². The lowest BCUT2D eigenvalue weighted by atomic mass is 10.0. The van der Waals surface area contributed by atoms with Crippen LogP contribution in [0.5, 0.6) is 0 Å². The molecule has 1 rings (SSSR count). The number of carbonyl (C=O) groups excluding carboxylic acids is 2. The van der Waals surface area contributed by atoms with Crippen molar-refractivity contribution >= 4 is 11.7 Å². The van der Waals surface area contributed by atoms with Gasteiger partial charge < -0.3 is 19.8 Å². The Kier molecular flexibility index (Phi) is 9.22. The molecule has 0 bridgehead atoms. The fourth-order valence-electron chi connectivity index (χ4n) is 2.17. The first-order valence-electron chi connectivity index (χ1n) is 8.15. The van der Waals surface area contributed by atoms with Crippen molar-refractivity contribution in [2.45, 2.75) is 44.5 Å². The molecule has 0 saturated carbocycles. The van der Waals surface area contributed by atoms with Gasteiger partial charge in [0.25, 0.3) is 5.91 Å². The number of ether oxygens (including phenoxy) is 1. The first-order chi connectivity index (χ1) is 11.4. The maximum atomic E-state index is 11.8. The van der Waals surface area contributed by atoms with Gasteiger partial charge in [-0.2, -0.15) is 0 Å². The van der Waals surface area contributed by atoms with E-state index in [0.717, 1.165) is 23.3 Å². The van der Waals surface area contributed by atoms with Crippen LogP contribution in [0, 0.1) is 0 Å². The fraction of sp³-hybridized carbons (Fsp3) is 0.556. The zero-order chi connectivity index (χ0) is 17.9. The second kappa shape index (κ2) is 10.9. The first kappa shape index (κ1) is 20.3. The van der Waals surface area contributed by atoms with Gasteiger partial charge in [0, 0.05) is 27.1 Å². The molecule has 1 aromatic carbocycles. The molecule has 0 aliphatic heterocycles. The lowest BCUT2D eigenvalue weighted by molar-refractivity contribution is -0.150. The lowest BCUT2D eigenvalue weighted by Crippen LogP contribution is -2.45. The van der Waals surface area contributed by atoms with Crippen molar-refractivity contribution in [1.29, 1.82) is 0 Å². The summed E-state index contributed by atoms with van der Waals surface area (Å²) in [4.78, 5) is 24.4. The van der Waals surface area contributed by atoms with E-state index in [4.69, 9.17) is 4.74 Å². The highest BCUT2D eigenvalue weighted by molar-refractivity contribution is 5.91. The summed E-state index contributed by atoms with van der Waals surface area (Å²) in [5, 5.41) is 19.3. The Balaban J connectivity index is 2.11. The van der Waals surface area contributed by atoms with Crippen LogP contribution in [0.4, 0.5) is 0 Å². The van der Waals surface area contributed by atoms with Crippen molar-refractivity contribution < 1.29 is 24.5 Å². The maximum absolute atomic E-state index is 11.8. The van der Waals surface area contributed by atoms with E-state index in [1.807, 2.05) is 30.3 Å². The SMILES string of the molecule is CN(C)C(=O)[C@H](O)[C@@H](O)C(=O)CCCCCOCc1ccccc1. The van der Waals surface area contributed by atoms with Crippen LogP contribution >= 0.6 is 0 Å². The molecule has 6 nitrogen and oxygen atoms in total. The van der Waals surface area contributed by atoms with Crippen LogP contribution in [0.15, 0.2) is 30.3 Å². The summed E-state index contributed by atoms with van der Waals surface area (Å²) in [6.45, 7) is 1.17. The number of likely N-dealkylation sites (N-methyl/N-ethyl adjacent to an activating group) is 1. The van der Waals surface area contributed by atoms with E-state index in [1.54, 1.807) is 0 Å². The number of carbonyl (C=O) groups is 2. The third kappa shape index (κ3) is 7.21. The minimum atomic E-state index is -1.69. The molecule has 0 fully saturated rings. The molecular formula is C18H27NO5. The van der Waals surface area contributed by atoms with Crippen LogP contribution < -0.4 is 0 Å². The second-order valence-electron chi connectivity index (χ2n) is 5.94. The molecule has 1 aromatic rings. The van der Waals surface area contributed by atoms with Gasteiger partial charge in [-0.05, 0) is 18.4 Å². The topological polar surface area (TPSA) is 87.1 Å². The van der Waals surface area contributed by atoms with E-state index in [-0.39, 0.29) is 6.42 Å². The summed E-state index contributed by atoms with van der Waals surface area (Å²) in [5.41, 5.74) is 1.12. The van der Waals surface area contributed by atoms with Crippen LogP contribution in [-0.2, 0) is 20.9 Å². The van der Waals surface area contributed by atoms with Gasteiger partial charge in [0.15, 0.2) is 11.9 Å². The Morgan fingerprint density at radius 3 is 2.33 bits per heavy atom. The summed E-state index contributed by atoms with van der Waals surface area (Å²) < 4.78 is 5.55. The largest absolute Gasteiger partial charge is 0.382 e. The highest BCUT2D eigenvalue weighted by Crippen LogP contribution is 2.08. The summed E-state index contributed by atoms with van der Waals surface area (Å²) in [7, 11) is 2.91. The zero-order valence-electron chi connectivity index (χ0n) is 14.4. The van der Waals surface area contributed by atoms with Gasteiger partial charge in [-0.3, -0.25) is 9.59 Å². The number of aliphatic hydroxyl groups excluding tert-OH is 2. The Bertz CT molecular complexity index is 503. The van der Waals surface area contributed by atoms with Crippen molar-refractivity contribution in [3.63, 3.8) is 0 Å². The predicted octanol–water partition coefficient (Wildman–Crippen LogP) is 1.14. The number of Topliss-reactive ketones (excluding diaryl/α,β-unsaturated/α-hetero) is 1. The molecule has 24 heavy (non-hydrogen) atoms. The molecule has 0 aliphatic rings. The molecule has 0 spiro atoms. The molecule has 0 aromatic heterocycles. The van der Waals surface area contributed by atoms with Gasteiger partial charge >= 0.3 is 0 Å². The number of nitrogens with zero attached hydrogens (tertiary/aromatic N) is 1. The van der Waals surface area contributed by atoms with Crippen molar-refractivity contribution in [3.8, 4) is 0 Å². The van der Waals surface area contributed by atoms with Crippen LogP contribution in [0.3, 0.4) is 0 Å². The number of benzene rings is 1. The Labute approximate surface area is 143 Å². The minimum absolute atomic E-state index is 0.137. The number of rotatable bonds is 11. The Hall–Kier alpha value is -1.76. The van der Waals surface area contributed by atoms with Crippen molar-refractivity contribution in [2.75, 3.05) is 20.7 Å². The van der Waals surface area contributed by atoms with E-state index in [1.165, 1.54) is 14.1 Å². The average molecular weight is 337 g/mol. The van der Waals surface area contributed by atoms with E-state index in [9.17, 15) is 19.8 Å². The number of unbranched alkanes of at least 4 members (excludes halogenated alkanes) is 2.